The van der Waals surface area contributed by atoms with E-state index in [1.807, 2.05) is 19.1 Å². The number of fused-ring (bicyclic) bond motifs is 2. The lowest BCUT2D eigenvalue weighted by atomic mass is 10.2. The van der Waals surface area contributed by atoms with Crippen molar-refractivity contribution in [1.29, 1.82) is 0 Å². The van der Waals surface area contributed by atoms with Crippen LogP contribution in [-0.4, -0.2) is 46.2 Å². The van der Waals surface area contributed by atoms with Gasteiger partial charge in [0.05, 0.1) is 27.0 Å². The molecule has 0 saturated carbocycles. The fourth-order valence-corrected chi connectivity index (χ4v) is 4.23. The number of hydrogen-bond acceptors (Lipinski definition) is 9. The molecule has 2 aromatic heterocycles. The Hall–Kier alpha value is -2.46. The number of carbonyl (C=O) groups excluding carboxylic acids is 1. The minimum Gasteiger partial charge on any atom is -0.480 e. The van der Waals surface area contributed by atoms with Crippen molar-refractivity contribution in [3.05, 3.63) is 12.1 Å². The van der Waals surface area contributed by atoms with Gasteiger partial charge in [-0.3, -0.25) is 4.79 Å². The van der Waals surface area contributed by atoms with Crippen LogP contribution in [0.1, 0.15) is 20.3 Å². The molecule has 3 N–H and O–H groups in total. The largest absolute Gasteiger partial charge is 0.480 e. The molecule has 0 amide bonds. The van der Waals surface area contributed by atoms with E-state index in [0.29, 0.717) is 23.3 Å². The van der Waals surface area contributed by atoms with Crippen LogP contribution in [0.15, 0.2) is 12.1 Å². The molecule has 0 radical (unpaired) electrons. The molecule has 3 aromatic rings. The van der Waals surface area contributed by atoms with Crippen molar-refractivity contribution in [1.82, 2.24) is 9.97 Å². The molecule has 10 heteroatoms. The summed E-state index contributed by atoms with van der Waals surface area (Å²) in [4.78, 5) is 31.5. The molecule has 0 bridgehead atoms. The van der Waals surface area contributed by atoms with Crippen molar-refractivity contribution < 1.29 is 19.4 Å². The van der Waals surface area contributed by atoms with Crippen molar-refractivity contribution in [2.24, 2.45) is 0 Å². The van der Waals surface area contributed by atoms with E-state index in [1.165, 1.54) is 22.7 Å². The van der Waals surface area contributed by atoms with Crippen LogP contribution in [0.4, 0.5) is 10.3 Å². The van der Waals surface area contributed by atoms with Crippen LogP contribution in [-0.2, 0) is 14.3 Å². The molecule has 0 fully saturated rings. The molecule has 0 aliphatic heterocycles. The number of hydrogen-bond donors (Lipinski definition) is 3. The standard InChI is InChI=1S/C16H18N4O4S2/c1-3-8(14(22)23)18-16-20-10-5-9-11(6-12(10)26-16)25-15(19-9)17-7-13(21)24-4-2/h5-6,8H,3-4,7H2,1-2H3,(H,17,19)(H,18,20)(H,22,23). The number of benzene rings is 1. The first-order valence-corrected chi connectivity index (χ1v) is 9.73. The van der Waals surface area contributed by atoms with Gasteiger partial charge in [0.25, 0.3) is 0 Å². The van der Waals surface area contributed by atoms with Crippen LogP contribution in [0.3, 0.4) is 0 Å². The maximum Gasteiger partial charge on any atom is 0.326 e. The summed E-state index contributed by atoms with van der Waals surface area (Å²) in [6.07, 6.45) is 0.470. The highest BCUT2D eigenvalue weighted by molar-refractivity contribution is 7.24. The number of esters is 1. The maximum atomic E-state index is 11.4. The highest BCUT2D eigenvalue weighted by Gasteiger charge is 2.17. The zero-order valence-electron chi connectivity index (χ0n) is 14.2. The molecule has 1 unspecified atom stereocenters. The Morgan fingerprint density at radius 1 is 1.15 bits per heavy atom. The fraction of sp³-hybridized carbons (Fsp3) is 0.375. The SMILES string of the molecule is CCOC(=O)CNc1nc2cc3nc(NC(CC)C(=O)O)sc3cc2s1. The van der Waals surface area contributed by atoms with Gasteiger partial charge in [0.2, 0.25) is 0 Å². The van der Waals surface area contributed by atoms with Gasteiger partial charge in [0, 0.05) is 0 Å². The van der Waals surface area contributed by atoms with Crippen molar-refractivity contribution >= 4 is 65.3 Å². The van der Waals surface area contributed by atoms with Crippen molar-refractivity contribution in [3.8, 4) is 0 Å². The van der Waals surface area contributed by atoms with Crippen LogP contribution < -0.4 is 10.6 Å². The smallest absolute Gasteiger partial charge is 0.326 e. The first kappa shape index (κ1) is 18.3. The lowest BCUT2D eigenvalue weighted by molar-refractivity contribution is -0.141. The minimum atomic E-state index is -0.897. The number of nitrogens with zero attached hydrogens (tertiary/aromatic N) is 2. The third-order valence-electron chi connectivity index (χ3n) is 3.59. The number of carbonyl (C=O) groups is 2. The zero-order valence-corrected chi connectivity index (χ0v) is 15.9. The van der Waals surface area contributed by atoms with Gasteiger partial charge >= 0.3 is 11.9 Å². The minimum absolute atomic E-state index is 0.0714. The highest BCUT2D eigenvalue weighted by Crippen LogP contribution is 2.34. The van der Waals surface area contributed by atoms with E-state index < -0.39 is 12.0 Å². The Bertz CT molecular complexity index is 901. The number of ether oxygens (including phenoxy) is 1. The first-order chi connectivity index (χ1) is 12.5. The lowest BCUT2D eigenvalue weighted by Crippen LogP contribution is -2.28. The van der Waals surface area contributed by atoms with Crippen LogP contribution >= 0.6 is 22.7 Å². The molecule has 1 atom stereocenters. The number of anilines is 2. The number of aromatic nitrogens is 2. The van der Waals surface area contributed by atoms with Crippen molar-refractivity contribution in [2.75, 3.05) is 23.8 Å². The van der Waals surface area contributed by atoms with Crippen molar-refractivity contribution in [2.45, 2.75) is 26.3 Å². The number of carboxylic acid groups (broad SMARTS) is 1. The molecule has 0 spiro atoms. The van der Waals surface area contributed by atoms with Gasteiger partial charge in [-0.05, 0) is 25.5 Å². The van der Waals surface area contributed by atoms with Gasteiger partial charge in [0.15, 0.2) is 10.3 Å². The molecule has 0 aliphatic rings. The molecule has 1 aromatic carbocycles. The number of thiazole rings is 2. The van der Waals surface area contributed by atoms with E-state index in [1.54, 1.807) is 6.92 Å². The molecule has 0 aliphatic carbocycles. The molecular weight excluding hydrogens is 376 g/mol. The third kappa shape index (κ3) is 4.02. The summed E-state index contributed by atoms with van der Waals surface area (Å²) in [5.74, 6) is -1.22. The number of aliphatic carboxylic acids is 1. The summed E-state index contributed by atoms with van der Waals surface area (Å²) in [6.45, 7) is 3.99. The predicted octanol–water partition coefficient (Wildman–Crippen LogP) is 3.16. The number of carboxylic acids is 1. The third-order valence-corrected chi connectivity index (χ3v) is 5.52. The van der Waals surface area contributed by atoms with E-state index in [-0.39, 0.29) is 12.5 Å². The van der Waals surface area contributed by atoms with Crippen LogP contribution in [0, 0.1) is 0 Å². The topological polar surface area (TPSA) is 113 Å². The van der Waals surface area contributed by atoms with Gasteiger partial charge in [0.1, 0.15) is 12.6 Å². The van der Waals surface area contributed by atoms with Gasteiger partial charge in [-0.2, -0.15) is 0 Å². The Morgan fingerprint density at radius 3 is 2.42 bits per heavy atom. The molecule has 8 nitrogen and oxygen atoms in total. The van der Waals surface area contributed by atoms with Crippen LogP contribution in [0.2, 0.25) is 0 Å². The zero-order chi connectivity index (χ0) is 18.7. The van der Waals surface area contributed by atoms with Crippen LogP contribution in [0.5, 0.6) is 0 Å². The fourth-order valence-electron chi connectivity index (χ4n) is 2.33. The van der Waals surface area contributed by atoms with Gasteiger partial charge in [-0.15, -0.1) is 0 Å². The Kier molecular flexibility index (Phi) is 5.52. The predicted molar refractivity (Wildman–Crippen MR) is 103 cm³/mol. The summed E-state index contributed by atoms with van der Waals surface area (Å²) in [5, 5.41) is 16.3. The summed E-state index contributed by atoms with van der Waals surface area (Å²) in [7, 11) is 0. The molecule has 3 rings (SSSR count). The van der Waals surface area contributed by atoms with E-state index in [9.17, 15) is 9.59 Å². The van der Waals surface area contributed by atoms with Crippen molar-refractivity contribution in [3.63, 3.8) is 0 Å². The molecular formula is C16H18N4O4S2. The lowest BCUT2D eigenvalue weighted by Gasteiger charge is -2.09. The quantitative estimate of drug-likeness (QED) is 0.499. The van der Waals surface area contributed by atoms with E-state index in [0.717, 1.165) is 20.4 Å². The normalized spacial score (nSPS) is 12.2. The second kappa shape index (κ2) is 7.83. The number of rotatable bonds is 8. The van der Waals surface area contributed by atoms with Gasteiger partial charge < -0.3 is 20.5 Å². The summed E-state index contributed by atoms with van der Waals surface area (Å²) >= 11 is 2.85. The number of nitrogens with one attached hydrogen (secondary N) is 2. The monoisotopic (exact) mass is 394 g/mol. The van der Waals surface area contributed by atoms with E-state index in [4.69, 9.17) is 9.84 Å². The van der Waals surface area contributed by atoms with Gasteiger partial charge in [-0.1, -0.05) is 29.6 Å². The van der Waals surface area contributed by atoms with Gasteiger partial charge in [-0.25, -0.2) is 14.8 Å². The maximum absolute atomic E-state index is 11.4. The second-order valence-electron chi connectivity index (χ2n) is 5.43. The van der Waals surface area contributed by atoms with E-state index >= 15 is 0 Å². The molecule has 0 saturated heterocycles. The molecule has 26 heavy (non-hydrogen) atoms. The summed E-state index contributed by atoms with van der Waals surface area (Å²) in [5.41, 5.74) is 1.53. The Balaban J connectivity index is 1.79. The van der Waals surface area contributed by atoms with Crippen LogP contribution in [0.25, 0.3) is 20.4 Å². The average Bonchev–Trinajstić information content (AvgIpc) is 3.17. The first-order valence-electron chi connectivity index (χ1n) is 8.10. The summed E-state index contributed by atoms with van der Waals surface area (Å²) < 4.78 is 6.79. The second-order valence-corrected chi connectivity index (χ2v) is 7.49. The Morgan fingerprint density at radius 2 is 1.81 bits per heavy atom. The van der Waals surface area contributed by atoms with E-state index in [2.05, 4.69) is 20.6 Å². The molecule has 2 heterocycles. The molecule has 138 valence electrons. The average molecular weight is 394 g/mol. The highest BCUT2D eigenvalue weighted by atomic mass is 32.1. The summed E-state index contributed by atoms with van der Waals surface area (Å²) in [6, 6.07) is 3.18. The Labute approximate surface area is 157 Å².